The minimum atomic E-state index is -1.61. The highest BCUT2D eigenvalue weighted by Crippen LogP contribution is 2.29. The predicted molar refractivity (Wildman–Crippen MR) is 90.2 cm³/mol. The molecule has 2 rings (SSSR count). The fourth-order valence-electron chi connectivity index (χ4n) is 2.34. The molecule has 0 saturated carbocycles. The van der Waals surface area contributed by atoms with Crippen molar-refractivity contribution in [1.29, 1.82) is 0 Å². The monoisotopic (exact) mass is 328 g/mol. The maximum Gasteiger partial charge on any atom is 0.340 e. The van der Waals surface area contributed by atoms with E-state index < -0.39 is 17.5 Å². The van der Waals surface area contributed by atoms with Crippen LogP contribution in [0.4, 0.5) is 0 Å². The second-order valence-electron chi connectivity index (χ2n) is 5.48. The molecule has 0 bridgehead atoms. The molecule has 1 unspecified atom stereocenters. The first-order chi connectivity index (χ1) is 11.4. The number of rotatable bonds is 6. The number of aromatic nitrogens is 1. The Labute approximate surface area is 140 Å². The van der Waals surface area contributed by atoms with Crippen molar-refractivity contribution in [3.05, 3.63) is 30.5 Å². The van der Waals surface area contributed by atoms with Crippen molar-refractivity contribution in [2.24, 2.45) is 5.73 Å². The van der Waals surface area contributed by atoms with Gasteiger partial charge >= 0.3 is 11.9 Å². The highest BCUT2D eigenvalue weighted by Gasteiger charge is 2.35. The van der Waals surface area contributed by atoms with Crippen molar-refractivity contribution >= 4 is 22.8 Å². The molecule has 0 spiro atoms. The van der Waals surface area contributed by atoms with E-state index in [0.29, 0.717) is 12.2 Å². The van der Waals surface area contributed by atoms with Gasteiger partial charge in [0.2, 0.25) is 0 Å². The fourth-order valence-corrected chi connectivity index (χ4v) is 2.34. The van der Waals surface area contributed by atoms with Gasteiger partial charge in [0.25, 0.3) is 0 Å². The first-order valence-electron chi connectivity index (χ1n) is 7.61. The van der Waals surface area contributed by atoms with Gasteiger partial charge in [0.15, 0.2) is 11.3 Å². The normalized spacial score (nSPS) is 13.1. The number of para-hydroxylation sites is 1. The Morgan fingerprint density at radius 2 is 2.08 bits per heavy atom. The molecule has 2 aromatic rings. The van der Waals surface area contributed by atoms with E-state index >= 15 is 0 Å². The molecule has 0 aliphatic rings. The lowest BCUT2D eigenvalue weighted by atomic mass is 10.0. The Hall–Kier alpha value is -2.78. The van der Waals surface area contributed by atoms with E-state index in [2.05, 4.69) is 5.92 Å². The van der Waals surface area contributed by atoms with Crippen LogP contribution >= 0.6 is 0 Å². The number of terminal acetylenes is 1. The number of nitrogens with zero attached hydrogens (tertiary/aromatic N) is 1. The summed E-state index contributed by atoms with van der Waals surface area (Å²) in [4.78, 5) is 23.5. The molecule has 126 valence electrons. The van der Waals surface area contributed by atoms with E-state index in [-0.39, 0.29) is 13.2 Å². The maximum absolute atomic E-state index is 12.2. The molecule has 0 aliphatic heterocycles. The summed E-state index contributed by atoms with van der Waals surface area (Å²) >= 11 is 0. The zero-order valence-electron chi connectivity index (χ0n) is 13.7. The molecule has 1 aromatic heterocycles. The SMILES string of the molecule is C#CC(N)(Cn1cc(OC(C)=O)c2ccccc21)C(=O)OCCC. The molecule has 6 heteroatoms. The lowest BCUT2D eigenvalue weighted by Gasteiger charge is -2.22. The van der Waals surface area contributed by atoms with E-state index in [0.717, 1.165) is 10.9 Å². The van der Waals surface area contributed by atoms with Gasteiger partial charge in [0, 0.05) is 18.5 Å². The van der Waals surface area contributed by atoms with E-state index in [9.17, 15) is 9.59 Å². The predicted octanol–water partition coefficient (Wildman–Crippen LogP) is 1.85. The maximum atomic E-state index is 12.2. The largest absolute Gasteiger partial charge is 0.464 e. The average Bonchev–Trinajstić information content (AvgIpc) is 2.89. The van der Waals surface area contributed by atoms with Crippen LogP contribution in [-0.2, 0) is 20.9 Å². The van der Waals surface area contributed by atoms with Gasteiger partial charge in [0.05, 0.1) is 18.7 Å². The number of carbonyl (C=O) groups excluding carboxylic acids is 2. The van der Waals surface area contributed by atoms with Crippen LogP contribution in [0.5, 0.6) is 5.75 Å². The highest BCUT2D eigenvalue weighted by atomic mass is 16.5. The first kappa shape index (κ1) is 17.6. The average molecular weight is 328 g/mol. The first-order valence-corrected chi connectivity index (χ1v) is 7.61. The summed E-state index contributed by atoms with van der Waals surface area (Å²) in [6.07, 6.45) is 7.77. The molecule has 2 N–H and O–H groups in total. The molecule has 6 nitrogen and oxygen atoms in total. The Bertz CT molecular complexity index is 803. The number of hydrogen-bond donors (Lipinski definition) is 1. The van der Waals surface area contributed by atoms with Gasteiger partial charge in [-0.1, -0.05) is 25.0 Å². The van der Waals surface area contributed by atoms with Crippen LogP contribution < -0.4 is 10.5 Å². The van der Waals surface area contributed by atoms with Crippen LogP contribution in [0.1, 0.15) is 20.3 Å². The molecule has 0 aliphatic carbocycles. The van der Waals surface area contributed by atoms with Crippen LogP contribution in [0.2, 0.25) is 0 Å². The molecular formula is C18H20N2O4. The molecule has 1 atom stereocenters. The smallest absolute Gasteiger partial charge is 0.340 e. The molecule has 1 aromatic carbocycles. The Morgan fingerprint density at radius 3 is 2.71 bits per heavy atom. The van der Waals surface area contributed by atoms with Crippen molar-refractivity contribution in [1.82, 2.24) is 4.57 Å². The topological polar surface area (TPSA) is 83.5 Å². The fraction of sp³-hybridized carbons (Fsp3) is 0.333. The third-order valence-electron chi connectivity index (χ3n) is 3.48. The Kier molecular flexibility index (Phi) is 5.27. The molecule has 0 saturated heterocycles. The van der Waals surface area contributed by atoms with Crippen LogP contribution in [0, 0.1) is 12.3 Å². The number of fused-ring (bicyclic) bond motifs is 1. The lowest BCUT2D eigenvalue weighted by molar-refractivity contribution is -0.148. The second kappa shape index (κ2) is 7.20. The van der Waals surface area contributed by atoms with Crippen molar-refractivity contribution in [3.8, 4) is 18.1 Å². The summed E-state index contributed by atoms with van der Waals surface area (Å²) in [5.41, 5.74) is 5.22. The minimum absolute atomic E-state index is 0.00776. The zero-order valence-corrected chi connectivity index (χ0v) is 13.7. The van der Waals surface area contributed by atoms with Crippen molar-refractivity contribution in [3.63, 3.8) is 0 Å². The second-order valence-corrected chi connectivity index (χ2v) is 5.48. The van der Waals surface area contributed by atoms with E-state index in [1.807, 2.05) is 31.2 Å². The van der Waals surface area contributed by atoms with E-state index in [4.69, 9.17) is 21.6 Å². The summed E-state index contributed by atoms with van der Waals surface area (Å²) < 4.78 is 12.0. The summed E-state index contributed by atoms with van der Waals surface area (Å²) in [6, 6.07) is 7.30. The molecule has 0 radical (unpaired) electrons. The zero-order chi connectivity index (χ0) is 17.7. The van der Waals surface area contributed by atoms with Crippen LogP contribution in [0.3, 0.4) is 0 Å². The summed E-state index contributed by atoms with van der Waals surface area (Å²) in [5, 5.41) is 0.731. The number of carbonyl (C=O) groups is 2. The number of nitrogens with two attached hydrogens (primary N) is 1. The number of hydrogen-bond acceptors (Lipinski definition) is 5. The Balaban J connectivity index is 2.39. The minimum Gasteiger partial charge on any atom is -0.464 e. The number of benzene rings is 1. The van der Waals surface area contributed by atoms with Crippen LogP contribution in [0.15, 0.2) is 30.5 Å². The van der Waals surface area contributed by atoms with Gasteiger partial charge in [0.1, 0.15) is 0 Å². The van der Waals surface area contributed by atoms with Crippen LogP contribution in [-0.4, -0.2) is 28.7 Å². The molecule has 24 heavy (non-hydrogen) atoms. The summed E-state index contributed by atoms with van der Waals surface area (Å²) in [6.45, 7) is 3.47. The number of esters is 2. The quantitative estimate of drug-likeness (QED) is 0.646. The lowest BCUT2D eigenvalue weighted by Crippen LogP contribution is -2.51. The molecule has 0 fully saturated rings. The van der Waals surface area contributed by atoms with Crippen LogP contribution in [0.25, 0.3) is 10.9 Å². The van der Waals surface area contributed by atoms with Gasteiger partial charge in [-0.15, -0.1) is 6.42 Å². The third kappa shape index (κ3) is 3.58. The van der Waals surface area contributed by atoms with Gasteiger partial charge in [-0.05, 0) is 18.6 Å². The third-order valence-corrected chi connectivity index (χ3v) is 3.48. The standard InChI is InChI=1S/C18H20N2O4/c1-4-10-23-17(22)18(19,5-2)12-20-11-16(24-13(3)21)14-8-6-7-9-15(14)20/h2,6-9,11H,4,10,12,19H2,1,3H3. The van der Waals surface area contributed by atoms with E-state index in [1.54, 1.807) is 10.8 Å². The van der Waals surface area contributed by atoms with Gasteiger partial charge in [-0.25, -0.2) is 4.79 Å². The van der Waals surface area contributed by atoms with E-state index in [1.165, 1.54) is 6.92 Å². The van der Waals surface area contributed by atoms with Gasteiger partial charge in [-0.2, -0.15) is 0 Å². The summed E-state index contributed by atoms with van der Waals surface area (Å²) in [7, 11) is 0. The Morgan fingerprint density at radius 1 is 1.38 bits per heavy atom. The number of ether oxygens (including phenoxy) is 2. The summed E-state index contributed by atoms with van der Waals surface area (Å²) in [5.74, 6) is 1.63. The molecule has 0 amide bonds. The van der Waals surface area contributed by atoms with Gasteiger partial charge < -0.3 is 19.8 Å². The van der Waals surface area contributed by atoms with Crippen molar-refractivity contribution in [2.45, 2.75) is 32.4 Å². The molecule has 1 heterocycles. The van der Waals surface area contributed by atoms with Gasteiger partial charge in [-0.3, -0.25) is 4.79 Å². The molecular weight excluding hydrogens is 308 g/mol. The highest BCUT2D eigenvalue weighted by molar-refractivity contribution is 5.90. The van der Waals surface area contributed by atoms with Crippen molar-refractivity contribution < 1.29 is 19.1 Å². The van der Waals surface area contributed by atoms with Crippen molar-refractivity contribution in [2.75, 3.05) is 6.61 Å².